The van der Waals surface area contributed by atoms with E-state index in [4.69, 9.17) is 9.15 Å². The zero-order chi connectivity index (χ0) is 18.0. The highest BCUT2D eigenvalue weighted by atomic mass is 16.5. The maximum absolute atomic E-state index is 5.54. The number of ether oxygens (including phenoxy) is 1. The van der Waals surface area contributed by atoms with Gasteiger partial charge in [0.05, 0.1) is 19.9 Å². The molecule has 1 spiro atoms. The van der Waals surface area contributed by atoms with Gasteiger partial charge in [0.15, 0.2) is 0 Å². The second-order valence-corrected chi connectivity index (χ2v) is 8.04. The van der Waals surface area contributed by atoms with E-state index in [1.807, 2.05) is 6.07 Å². The van der Waals surface area contributed by atoms with Gasteiger partial charge in [0, 0.05) is 12.6 Å². The summed E-state index contributed by atoms with van der Waals surface area (Å²) in [6.45, 7) is 4.39. The largest absolute Gasteiger partial charge is 0.497 e. The molecule has 26 heavy (non-hydrogen) atoms. The lowest BCUT2D eigenvalue weighted by Crippen LogP contribution is -2.57. The van der Waals surface area contributed by atoms with Crippen molar-refractivity contribution in [3.63, 3.8) is 0 Å². The molecule has 1 aromatic heterocycles. The van der Waals surface area contributed by atoms with Crippen LogP contribution in [0.4, 0.5) is 0 Å². The predicted molar refractivity (Wildman–Crippen MR) is 103 cm³/mol. The van der Waals surface area contributed by atoms with Crippen molar-refractivity contribution in [1.82, 2.24) is 9.80 Å². The van der Waals surface area contributed by atoms with Crippen LogP contribution in [0.5, 0.6) is 5.75 Å². The van der Waals surface area contributed by atoms with Gasteiger partial charge in [-0.1, -0.05) is 12.1 Å². The van der Waals surface area contributed by atoms with Gasteiger partial charge in [-0.15, -0.1) is 0 Å². The Morgan fingerprint density at radius 3 is 2.50 bits per heavy atom. The maximum atomic E-state index is 5.54. The average molecular weight is 354 g/mol. The molecule has 0 N–H and O–H groups in total. The van der Waals surface area contributed by atoms with Gasteiger partial charge in [0.25, 0.3) is 0 Å². The fraction of sp³-hybridized carbons (Fsp3) is 0.545. The van der Waals surface area contributed by atoms with Crippen molar-refractivity contribution in [2.24, 2.45) is 5.41 Å². The van der Waals surface area contributed by atoms with Crippen LogP contribution in [-0.4, -0.2) is 43.1 Å². The molecule has 2 aliphatic rings. The Balaban J connectivity index is 1.30. The molecule has 0 radical (unpaired) electrons. The normalized spacial score (nSPS) is 22.5. The van der Waals surface area contributed by atoms with Crippen LogP contribution < -0.4 is 4.74 Å². The van der Waals surface area contributed by atoms with Gasteiger partial charge in [-0.2, -0.15) is 0 Å². The summed E-state index contributed by atoms with van der Waals surface area (Å²) >= 11 is 0. The Hall–Kier alpha value is -1.78. The zero-order valence-corrected chi connectivity index (χ0v) is 16.0. The van der Waals surface area contributed by atoms with Crippen molar-refractivity contribution in [2.45, 2.75) is 44.8 Å². The summed E-state index contributed by atoms with van der Waals surface area (Å²) in [5, 5.41) is 0. The van der Waals surface area contributed by atoms with Crippen molar-refractivity contribution in [2.75, 3.05) is 27.2 Å². The number of piperidine rings is 1. The van der Waals surface area contributed by atoms with Crippen molar-refractivity contribution in [3.05, 3.63) is 54.0 Å². The third-order valence-electron chi connectivity index (χ3n) is 6.56. The second-order valence-electron chi connectivity index (χ2n) is 8.04. The molecule has 1 saturated heterocycles. The lowest BCUT2D eigenvalue weighted by atomic mass is 9.58. The Bertz CT molecular complexity index is 687. The van der Waals surface area contributed by atoms with Crippen molar-refractivity contribution < 1.29 is 9.15 Å². The molecule has 4 rings (SSSR count). The summed E-state index contributed by atoms with van der Waals surface area (Å²) in [4.78, 5) is 5.12. The van der Waals surface area contributed by atoms with Crippen LogP contribution in [0.3, 0.4) is 0 Å². The van der Waals surface area contributed by atoms with Gasteiger partial charge in [-0.3, -0.25) is 9.80 Å². The minimum atomic E-state index is 0.526. The van der Waals surface area contributed by atoms with E-state index in [1.54, 1.807) is 13.4 Å². The van der Waals surface area contributed by atoms with E-state index in [0.717, 1.165) is 24.6 Å². The van der Waals surface area contributed by atoms with E-state index in [0.29, 0.717) is 11.5 Å². The highest BCUT2D eigenvalue weighted by Crippen LogP contribution is 2.51. The molecular formula is C22H30N2O2. The first-order valence-electron chi connectivity index (χ1n) is 9.76. The quantitative estimate of drug-likeness (QED) is 0.779. The molecule has 1 aliphatic heterocycles. The molecule has 140 valence electrons. The first kappa shape index (κ1) is 17.6. The van der Waals surface area contributed by atoms with E-state index in [9.17, 15) is 0 Å². The number of rotatable bonds is 6. The van der Waals surface area contributed by atoms with Gasteiger partial charge in [0.1, 0.15) is 11.5 Å². The molecule has 0 unspecified atom stereocenters. The van der Waals surface area contributed by atoms with Gasteiger partial charge in [-0.05, 0) is 81.1 Å². The Morgan fingerprint density at radius 1 is 1.15 bits per heavy atom. The Morgan fingerprint density at radius 2 is 1.92 bits per heavy atom. The second kappa shape index (κ2) is 7.45. The highest BCUT2D eigenvalue weighted by Gasteiger charge is 2.49. The lowest BCUT2D eigenvalue weighted by Gasteiger charge is -2.57. The van der Waals surface area contributed by atoms with Crippen LogP contribution in [0.1, 0.15) is 37.0 Å². The number of furan rings is 1. The van der Waals surface area contributed by atoms with Crippen molar-refractivity contribution >= 4 is 0 Å². The summed E-state index contributed by atoms with van der Waals surface area (Å²) in [6.07, 6.45) is 7.12. The van der Waals surface area contributed by atoms with E-state index >= 15 is 0 Å². The van der Waals surface area contributed by atoms with Gasteiger partial charge < -0.3 is 9.15 Å². The molecular weight excluding hydrogens is 324 g/mol. The lowest BCUT2D eigenvalue weighted by molar-refractivity contribution is -0.0648. The highest BCUT2D eigenvalue weighted by molar-refractivity contribution is 5.27. The van der Waals surface area contributed by atoms with E-state index in [-0.39, 0.29) is 0 Å². The first-order valence-corrected chi connectivity index (χ1v) is 9.76. The smallest absolute Gasteiger partial charge is 0.118 e. The summed E-state index contributed by atoms with van der Waals surface area (Å²) in [5.74, 6) is 2.01. The third kappa shape index (κ3) is 3.53. The van der Waals surface area contributed by atoms with Crippen molar-refractivity contribution in [1.29, 1.82) is 0 Å². The van der Waals surface area contributed by atoms with Crippen molar-refractivity contribution in [3.8, 4) is 5.75 Å². The molecule has 1 aliphatic carbocycles. The van der Waals surface area contributed by atoms with Crippen LogP contribution in [-0.2, 0) is 13.1 Å². The van der Waals surface area contributed by atoms with Crippen LogP contribution >= 0.6 is 0 Å². The standard InChI is InChI=1S/C22H30N2O2/c1-23(17-20-4-3-15-26-20)21-9-10-22(21)11-13-24(14-12-22)16-18-5-7-19(25-2)8-6-18/h3-8,15,21H,9-14,16-17H2,1-2H3/t21-/m0/s1. The number of likely N-dealkylation sites (tertiary alicyclic amines) is 1. The number of nitrogens with zero attached hydrogens (tertiary/aromatic N) is 2. The summed E-state index contributed by atoms with van der Waals surface area (Å²) in [7, 11) is 3.98. The molecule has 2 aromatic rings. The Labute approximate surface area is 156 Å². The molecule has 2 heterocycles. The summed E-state index contributed by atoms with van der Waals surface area (Å²) in [5.41, 5.74) is 1.90. The van der Waals surface area contributed by atoms with E-state index < -0.39 is 0 Å². The molecule has 1 saturated carbocycles. The number of hydrogen-bond donors (Lipinski definition) is 0. The van der Waals surface area contributed by atoms with Crippen LogP contribution in [0.25, 0.3) is 0 Å². The third-order valence-corrected chi connectivity index (χ3v) is 6.56. The number of hydrogen-bond acceptors (Lipinski definition) is 4. The fourth-order valence-corrected chi connectivity index (χ4v) is 4.86. The minimum Gasteiger partial charge on any atom is -0.497 e. The van der Waals surface area contributed by atoms with E-state index in [2.05, 4.69) is 47.2 Å². The average Bonchev–Trinajstić information content (AvgIpc) is 3.15. The van der Waals surface area contributed by atoms with Crippen LogP contribution in [0.15, 0.2) is 47.1 Å². The zero-order valence-electron chi connectivity index (χ0n) is 16.0. The summed E-state index contributed by atoms with van der Waals surface area (Å²) < 4.78 is 10.8. The molecule has 4 heteroatoms. The van der Waals surface area contributed by atoms with Crippen LogP contribution in [0, 0.1) is 5.41 Å². The van der Waals surface area contributed by atoms with Gasteiger partial charge in [0.2, 0.25) is 0 Å². The SMILES string of the molecule is COc1ccc(CN2CCC3(CC[C@@H]3N(C)Cc3ccco3)CC2)cc1. The number of benzene rings is 1. The molecule has 0 bridgehead atoms. The first-order chi connectivity index (χ1) is 12.7. The monoisotopic (exact) mass is 354 g/mol. The van der Waals surface area contributed by atoms with Gasteiger partial charge in [-0.25, -0.2) is 0 Å². The molecule has 0 amide bonds. The Kier molecular flexibility index (Phi) is 5.05. The topological polar surface area (TPSA) is 28.9 Å². The summed E-state index contributed by atoms with van der Waals surface area (Å²) in [6, 6.07) is 13.3. The van der Waals surface area contributed by atoms with E-state index in [1.165, 1.54) is 44.3 Å². The van der Waals surface area contributed by atoms with Gasteiger partial charge >= 0.3 is 0 Å². The molecule has 2 fully saturated rings. The molecule has 4 nitrogen and oxygen atoms in total. The van der Waals surface area contributed by atoms with Crippen LogP contribution in [0.2, 0.25) is 0 Å². The molecule has 1 aromatic carbocycles. The fourth-order valence-electron chi connectivity index (χ4n) is 4.86. The molecule has 1 atom stereocenters. The predicted octanol–water partition coefficient (Wildman–Crippen LogP) is 4.16. The minimum absolute atomic E-state index is 0.526. The number of methoxy groups -OCH3 is 1. The maximum Gasteiger partial charge on any atom is 0.118 e.